The molecule has 0 unspecified atom stereocenters. The number of hydrogen-bond acceptors (Lipinski definition) is 6. The fourth-order valence-electron chi connectivity index (χ4n) is 2.75. The number of hydrogen-bond donors (Lipinski definition) is 2. The molecule has 30 heavy (non-hydrogen) atoms. The van der Waals surface area contributed by atoms with Crippen molar-refractivity contribution in [3.05, 3.63) is 59.4 Å². The minimum Gasteiger partial charge on any atom is -0.338 e. The lowest BCUT2D eigenvalue weighted by Crippen LogP contribution is -2.32. The van der Waals surface area contributed by atoms with Gasteiger partial charge in [-0.15, -0.1) is 0 Å². The highest BCUT2D eigenvalue weighted by Crippen LogP contribution is 2.19. The van der Waals surface area contributed by atoms with Gasteiger partial charge < -0.3 is 15.2 Å². The average Bonchev–Trinajstić information content (AvgIpc) is 3.17. The number of rotatable bonds is 8. The number of aromatic nitrogens is 2. The molecule has 3 aromatic rings. The van der Waals surface area contributed by atoms with E-state index in [0.29, 0.717) is 41.2 Å². The van der Waals surface area contributed by atoms with Crippen molar-refractivity contribution in [3.63, 3.8) is 0 Å². The van der Waals surface area contributed by atoms with Crippen LogP contribution in [0.15, 0.2) is 53.1 Å². The number of amides is 2. The van der Waals surface area contributed by atoms with Crippen LogP contribution in [0.5, 0.6) is 0 Å². The molecule has 0 aliphatic heterocycles. The Kier molecular flexibility index (Phi) is 7.16. The zero-order valence-corrected chi connectivity index (χ0v) is 17.4. The van der Waals surface area contributed by atoms with Gasteiger partial charge in [0.15, 0.2) is 0 Å². The Hall–Kier alpha value is -3.23. The van der Waals surface area contributed by atoms with E-state index in [1.54, 1.807) is 36.4 Å². The van der Waals surface area contributed by atoms with E-state index in [-0.39, 0.29) is 18.4 Å². The van der Waals surface area contributed by atoms with Gasteiger partial charge in [0.2, 0.25) is 23.5 Å². The smallest absolute Gasteiger partial charge is 0.241 e. The van der Waals surface area contributed by atoms with E-state index in [0.717, 1.165) is 5.56 Å². The average molecular weight is 428 g/mol. The maximum atomic E-state index is 12.4. The molecule has 1 heterocycles. The number of likely N-dealkylation sites (N-methyl/N-ethyl adjacent to an activating group) is 1. The van der Waals surface area contributed by atoms with Gasteiger partial charge in [-0.25, -0.2) is 0 Å². The van der Waals surface area contributed by atoms with Gasteiger partial charge in [0.1, 0.15) is 0 Å². The summed E-state index contributed by atoms with van der Waals surface area (Å²) in [5.41, 5.74) is 2.12. The van der Waals surface area contributed by atoms with Crippen molar-refractivity contribution in [1.29, 1.82) is 0 Å². The molecule has 1 aromatic heterocycles. The molecule has 9 heteroatoms. The molecule has 0 atom stereocenters. The van der Waals surface area contributed by atoms with Crippen LogP contribution in [0.4, 0.5) is 11.4 Å². The molecule has 0 aliphatic carbocycles. The lowest BCUT2D eigenvalue weighted by Gasteiger charge is -2.17. The zero-order chi connectivity index (χ0) is 21.5. The second-order valence-electron chi connectivity index (χ2n) is 6.63. The van der Waals surface area contributed by atoms with E-state index < -0.39 is 0 Å². The fraction of sp³-hybridized carbons (Fsp3) is 0.238. The molecule has 0 saturated heterocycles. The van der Waals surface area contributed by atoms with Gasteiger partial charge in [0.05, 0.1) is 13.1 Å². The number of nitrogens with zero attached hydrogens (tertiary/aromatic N) is 3. The topological polar surface area (TPSA) is 100 Å². The third-order valence-electron chi connectivity index (χ3n) is 4.23. The molecule has 156 valence electrons. The second-order valence-corrected chi connectivity index (χ2v) is 7.07. The van der Waals surface area contributed by atoms with Crippen LogP contribution in [0, 0.1) is 0 Å². The molecule has 3 rings (SSSR count). The van der Waals surface area contributed by atoms with Crippen molar-refractivity contribution in [2.45, 2.75) is 20.4 Å². The fourth-order valence-corrected chi connectivity index (χ4v) is 2.88. The Morgan fingerprint density at radius 1 is 1.03 bits per heavy atom. The van der Waals surface area contributed by atoms with E-state index in [9.17, 15) is 9.59 Å². The number of halogens is 1. The Morgan fingerprint density at radius 3 is 2.27 bits per heavy atom. The van der Waals surface area contributed by atoms with Crippen molar-refractivity contribution in [2.24, 2.45) is 0 Å². The standard InChI is InChI=1S/C21H22ClN5O3/c1-3-27(12-19(29)24-18-10-8-17(9-11-18)23-14(2)28)13-20-25-21(26-30-20)15-4-6-16(22)7-5-15/h4-11H,3,12-13H2,1-2H3,(H,23,28)(H,24,29). The zero-order valence-electron chi connectivity index (χ0n) is 16.7. The number of benzene rings is 2. The summed E-state index contributed by atoms with van der Waals surface area (Å²) < 4.78 is 5.32. The number of anilines is 2. The summed E-state index contributed by atoms with van der Waals surface area (Å²) in [6, 6.07) is 14.1. The molecule has 0 saturated carbocycles. The lowest BCUT2D eigenvalue weighted by molar-refractivity contribution is -0.117. The summed E-state index contributed by atoms with van der Waals surface area (Å²) in [7, 11) is 0. The Balaban J connectivity index is 1.55. The van der Waals surface area contributed by atoms with Crippen molar-refractivity contribution in [3.8, 4) is 11.4 Å². The molecular formula is C21H22ClN5O3. The monoisotopic (exact) mass is 427 g/mol. The molecule has 0 aliphatic rings. The van der Waals surface area contributed by atoms with Crippen LogP contribution >= 0.6 is 11.6 Å². The second kappa shape index (κ2) is 10.00. The minimum atomic E-state index is -0.165. The summed E-state index contributed by atoms with van der Waals surface area (Å²) >= 11 is 5.90. The third-order valence-corrected chi connectivity index (χ3v) is 4.48. The Morgan fingerprint density at radius 2 is 1.67 bits per heavy atom. The van der Waals surface area contributed by atoms with Gasteiger partial charge in [-0.1, -0.05) is 23.7 Å². The van der Waals surface area contributed by atoms with Gasteiger partial charge in [-0.05, 0) is 55.1 Å². The summed E-state index contributed by atoms with van der Waals surface area (Å²) in [6.45, 7) is 4.55. The van der Waals surface area contributed by atoms with Crippen LogP contribution < -0.4 is 10.6 Å². The number of nitrogens with one attached hydrogen (secondary N) is 2. The molecule has 2 amide bonds. The maximum Gasteiger partial charge on any atom is 0.241 e. The van der Waals surface area contributed by atoms with E-state index in [1.807, 2.05) is 24.0 Å². The van der Waals surface area contributed by atoms with Crippen LogP contribution in [-0.2, 0) is 16.1 Å². The van der Waals surface area contributed by atoms with Gasteiger partial charge in [-0.3, -0.25) is 14.5 Å². The van der Waals surface area contributed by atoms with Crippen LogP contribution in [0.2, 0.25) is 5.02 Å². The van der Waals surface area contributed by atoms with Crippen LogP contribution in [0.1, 0.15) is 19.7 Å². The first-order valence-corrected chi connectivity index (χ1v) is 9.79. The molecule has 0 spiro atoms. The normalized spacial score (nSPS) is 10.8. The van der Waals surface area contributed by atoms with Gasteiger partial charge in [0.25, 0.3) is 0 Å². The highest BCUT2D eigenvalue weighted by Gasteiger charge is 2.15. The minimum absolute atomic E-state index is 0.148. The summed E-state index contributed by atoms with van der Waals surface area (Å²) in [4.78, 5) is 29.7. The van der Waals surface area contributed by atoms with Crippen LogP contribution in [-0.4, -0.2) is 39.9 Å². The highest BCUT2D eigenvalue weighted by molar-refractivity contribution is 6.30. The summed E-state index contributed by atoms with van der Waals surface area (Å²) in [5, 5.41) is 10.1. The van der Waals surface area contributed by atoms with E-state index in [1.165, 1.54) is 6.92 Å². The molecule has 0 fully saturated rings. The third kappa shape index (κ3) is 6.13. The van der Waals surface area contributed by atoms with E-state index in [4.69, 9.17) is 16.1 Å². The van der Waals surface area contributed by atoms with Crippen LogP contribution in [0.25, 0.3) is 11.4 Å². The maximum absolute atomic E-state index is 12.4. The molecule has 8 nitrogen and oxygen atoms in total. The van der Waals surface area contributed by atoms with Crippen LogP contribution in [0.3, 0.4) is 0 Å². The molecule has 0 radical (unpaired) electrons. The van der Waals surface area contributed by atoms with E-state index >= 15 is 0 Å². The lowest BCUT2D eigenvalue weighted by atomic mass is 10.2. The SMILES string of the molecule is CCN(CC(=O)Nc1ccc(NC(C)=O)cc1)Cc1nc(-c2ccc(Cl)cc2)no1. The van der Waals surface area contributed by atoms with Gasteiger partial charge in [-0.2, -0.15) is 4.98 Å². The van der Waals surface area contributed by atoms with Gasteiger partial charge >= 0.3 is 0 Å². The summed E-state index contributed by atoms with van der Waals surface area (Å²) in [5.74, 6) is 0.586. The Bertz CT molecular complexity index is 1000. The van der Waals surface area contributed by atoms with Crippen molar-refractivity contribution in [2.75, 3.05) is 23.7 Å². The highest BCUT2D eigenvalue weighted by atomic mass is 35.5. The van der Waals surface area contributed by atoms with Crippen molar-refractivity contribution in [1.82, 2.24) is 15.0 Å². The quantitative estimate of drug-likeness (QED) is 0.567. The van der Waals surface area contributed by atoms with Gasteiger partial charge in [0, 0.05) is 28.9 Å². The summed E-state index contributed by atoms with van der Waals surface area (Å²) in [6.07, 6.45) is 0. The largest absolute Gasteiger partial charge is 0.338 e. The first-order chi connectivity index (χ1) is 14.4. The number of carbonyl (C=O) groups excluding carboxylic acids is 2. The Labute approximate surface area is 179 Å². The predicted octanol–water partition coefficient (Wildman–Crippen LogP) is 3.81. The van der Waals surface area contributed by atoms with E-state index in [2.05, 4.69) is 20.8 Å². The molecule has 2 N–H and O–H groups in total. The first kappa shape index (κ1) is 21.5. The number of carbonyl (C=O) groups is 2. The first-order valence-electron chi connectivity index (χ1n) is 9.41. The molecular weight excluding hydrogens is 406 g/mol. The van der Waals surface area contributed by atoms with Crippen molar-refractivity contribution >= 4 is 34.8 Å². The molecule has 0 bridgehead atoms. The molecule has 2 aromatic carbocycles. The van der Waals surface area contributed by atoms with Crippen molar-refractivity contribution < 1.29 is 14.1 Å². The predicted molar refractivity (Wildman–Crippen MR) is 115 cm³/mol.